The third-order valence-electron chi connectivity index (χ3n) is 3.67. The standard InChI is InChI=1S/C16H18BrN3O3/c1-10-6-20(7-11(2)23-10)15(21)8-22-16-13-5-12(17)3-4-14(13)18-9-19-16/h3-5,9-11H,6-8H2,1-2H3/t10-,11-/m1/s1. The van der Waals surface area contributed by atoms with Gasteiger partial charge in [-0.1, -0.05) is 15.9 Å². The summed E-state index contributed by atoms with van der Waals surface area (Å²) in [6.45, 7) is 5.06. The predicted octanol–water partition coefficient (Wildman–Crippen LogP) is 2.41. The molecule has 122 valence electrons. The average Bonchev–Trinajstić information content (AvgIpc) is 2.51. The molecule has 1 aliphatic rings. The Balaban J connectivity index is 1.71. The third-order valence-corrected chi connectivity index (χ3v) is 4.16. The lowest BCUT2D eigenvalue weighted by Gasteiger charge is -2.35. The van der Waals surface area contributed by atoms with E-state index < -0.39 is 0 Å². The zero-order valence-electron chi connectivity index (χ0n) is 13.0. The van der Waals surface area contributed by atoms with Crippen molar-refractivity contribution in [3.05, 3.63) is 29.0 Å². The van der Waals surface area contributed by atoms with Crippen molar-refractivity contribution in [1.29, 1.82) is 0 Å². The highest BCUT2D eigenvalue weighted by Gasteiger charge is 2.26. The molecule has 1 aliphatic heterocycles. The van der Waals surface area contributed by atoms with Crippen LogP contribution in [-0.2, 0) is 9.53 Å². The number of benzene rings is 1. The van der Waals surface area contributed by atoms with Crippen LogP contribution in [0.25, 0.3) is 10.9 Å². The SMILES string of the molecule is C[C@@H]1CN(C(=O)COc2ncnc3ccc(Br)cc23)C[C@@H](C)O1. The largest absolute Gasteiger partial charge is 0.467 e. The van der Waals surface area contributed by atoms with Crippen LogP contribution >= 0.6 is 15.9 Å². The van der Waals surface area contributed by atoms with Crippen LogP contribution in [-0.4, -0.2) is 52.7 Å². The molecule has 1 amide bonds. The maximum absolute atomic E-state index is 12.4. The Morgan fingerprint density at radius 2 is 2.09 bits per heavy atom. The monoisotopic (exact) mass is 379 g/mol. The third kappa shape index (κ3) is 3.79. The molecule has 0 saturated carbocycles. The minimum absolute atomic E-state index is 0.0403. The van der Waals surface area contributed by atoms with E-state index in [1.165, 1.54) is 6.33 Å². The number of nitrogens with zero attached hydrogens (tertiary/aromatic N) is 3. The number of aromatic nitrogens is 2. The van der Waals surface area contributed by atoms with Gasteiger partial charge in [-0.2, -0.15) is 0 Å². The van der Waals surface area contributed by atoms with Crippen molar-refractivity contribution in [1.82, 2.24) is 14.9 Å². The number of morpholine rings is 1. The van der Waals surface area contributed by atoms with Gasteiger partial charge in [0.1, 0.15) is 6.33 Å². The fourth-order valence-corrected chi connectivity index (χ4v) is 3.08. The number of ether oxygens (including phenoxy) is 2. The summed E-state index contributed by atoms with van der Waals surface area (Å²) in [5.74, 6) is 0.354. The molecule has 0 radical (unpaired) electrons. The molecule has 1 aromatic heterocycles. The first-order chi connectivity index (χ1) is 11.0. The van der Waals surface area contributed by atoms with Crippen molar-refractivity contribution >= 4 is 32.7 Å². The quantitative estimate of drug-likeness (QED) is 0.818. The second-order valence-electron chi connectivity index (χ2n) is 5.69. The highest BCUT2D eigenvalue weighted by atomic mass is 79.9. The second kappa shape index (κ2) is 6.80. The van der Waals surface area contributed by atoms with Gasteiger partial charge in [-0.15, -0.1) is 0 Å². The zero-order valence-corrected chi connectivity index (χ0v) is 14.6. The summed E-state index contributed by atoms with van der Waals surface area (Å²) < 4.78 is 12.2. The summed E-state index contributed by atoms with van der Waals surface area (Å²) in [6.07, 6.45) is 1.52. The highest BCUT2D eigenvalue weighted by Crippen LogP contribution is 2.25. The molecule has 0 N–H and O–H groups in total. The Kier molecular flexibility index (Phi) is 4.77. The number of rotatable bonds is 3. The summed E-state index contributed by atoms with van der Waals surface area (Å²) in [5.41, 5.74) is 0.777. The topological polar surface area (TPSA) is 64.6 Å². The van der Waals surface area contributed by atoms with Gasteiger partial charge in [0.05, 0.1) is 23.1 Å². The molecular formula is C16H18BrN3O3. The first-order valence-corrected chi connectivity index (χ1v) is 8.28. The first kappa shape index (κ1) is 16.1. The first-order valence-electron chi connectivity index (χ1n) is 7.49. The normalized spacial score (nSPS) is 21.4. The summed E-state index contributed by atoms with van der Waals surface area (Å²) >= 11 is 3.42. The highest BCUT2D eigenvalue weighted by molar-refractivity contribution is 9.10. The molecule has 3 rings (SSSR count). The number of amides is 1. The summed E-state index contributed by atoms with van der Waals surface area (Å²) in [5, 5.41) is 0.776. The van der Waals surface area contributed by atoms with Crippen LogP contribution in [0.2, 0.25) is 0 Å². The minimum Gasteiger partial charge on any atom is -0.467 e. The molecule has 1 saturated heterocycles. The van der Waals surface area contributed by atoms with Crippen molar-refractivity contribution in [3.8, 4) is 5.88 Å². The Morgan fingerprint density at radius 1 is 1.35 bits per heavy atom. The van der Waals surface area contributed by atoms with Crippen molar-refractivity contribution < 1.29 is 14.3 Å². The summed E-state index contributed by atoms with van der Waals surface area (Å²) in [7, 11) is 0. The number of carbonyl (C=O) groups is 1. The molecule has 6 nitrogen and oxygen atoms in total. The van der Waals surface area contributed by atoms with E-state index in [4.69, 9.17) is 9.47 Å². The van der Waals surface area contributed by atoms with E-state index >= 15 is 0 Å². The molecule has 0 unspecified atom stereocenters. The van der Waals surface area contributed by atoms with Gasteiger partial charge in [-0.05, 0) is 32.0 Å². The fourth-order valence-electron chi connectivity index (χ4n) is 2.72. The van der Waals surface area contributed by atoms with Gasteiger partial charge >= 0.3 is 0 Å². The van der Waals surface area contributed by atoms with Crippen LogP contribution in [0, 0.1) is 0 Å². The Bertz CT molecular complexity index is 715. The van der Waals surface area contributed by atoms with Gasteiger partial charge in [-0.25, -0.2) is 9.97 Å². The van der Waals surface area contributed by atoms with Crippen LogP contribution in [0.3, 0.4) is 0 Å². The maximum atomic E-state index is 12.4. The predicted molar refractivity (Wildman–Crippen MR) is 89.3 cm³/mol. The molecule has 0 spiro atoms. The number of fused-ring (bicyclic) bond motifs is 1. The Hall–Kier alpha value is -1.73. The second-order valence-corrected chi connectivity index (χ2v) is 6.60. The number of hydrogen-bond donors (Lipinski definition) is 0. The van der Waals surface area contributed by atoms with E-state index in [1.807, 2.05) is 32.0 Å². The number of carbonyl (C=O) groups excluding carboxylic acids is 1. The van der Waals surface area contributed by atoms with Crippen LogP contribution in [0.15, 0.2) is 29.0 Å². The Morgan fingerprint density at radius 3 is 2.83 bits per heavy atom. The summed E-state index contributed by atoms with van der Waals surface area (Å²) in [4.78, 5) is 22.5. The molecule has 1 aromatic carbocycles. The minimum atomic E-state index is -0.0613. The number of halogens is 1. The van der Waals surface area contributed by atoms with Crippen molar-refractivity contribution in [2.45, 2.75) is 26.1 Å². The van der Waals surface area contributed by atoms with Gasteiger partial charge in [0, 0.05) is 17.6 Å². The fraction of sp³-hybridized carbons (Fsp3) is 0.438. The van der Waals surface area contributed by atoms with E-state index in [0.717, 1.165) is 15.4 Å². The maximum Gasteiger partial charge on any atom is 0.260 e. The van der Waals surface area contributed by atoms with Gasteiger partial charge in [-0.3, -0.25) is 4.79 Å². The van der Waals surface area contributed by atoms with Crippen molar-refractivity contribution in [2.24, 2.45) is 0 Å². The van der Waals surface area contributed by atoms with Crippen LogP contribution in [0.1, 0.15) is 13.8 Å². The van der Waals surface area contributed by atoms with Crippen LogP contribution in [0.5, 0.6) is 5.88 Å². The van der Waals surface area contributed by atoms with Gasteiger partial charge < -0.3 is 14.4 Å². The van der Waals surface area contributed by atoms with E-state index in [0.29, 0.717) is 19.0 Å². The van der Waals surface area contributed by atoms with Crippen molar-refractivity contribution in [3.63, 3.8) is 0 Å². The Labute approximate surface area is 142 Å². The lowest BCUT2D eigenvalue weighted by Crippen LogP contribution is -2.49. The lowest BCUT2D eigenvalue weighted by atomic mass is 10.2. The van der Waals surface area contributed by atoms with Crippen LogP contribution < -0.4 is 4.74 Å². The lowest BCUT2D eigenvalue weighted by molar-refractivity contribution is -0.145. The van der Waals surface area contributed by atoms with Gasteiger partial charge in [0.2, 0.25) is 5.88 Å². The van der Waals surface area contributed by atoms with E-state index in [-0.39, 0.29) is 24.7 Å². The van der Waals surface area contributed by atoms with Gasteiger partial charge in [0.25, 0.3) is 5.91 Å². The number of hydrogen-bond acceptors (Lipinski definition) is 5. The molecule has 7 heteroatoms. The molecule has 2 heterocycles. The molecule has 1 fully saturated rings. The van der Waals surface area contributed by atoms with Gasteiger partial charge in [0.15, 0.2) is 6.61 Å². The van der Waals surface area contributed by atoms with Crippen LogP contribution in [0.4, 0.5) is 0 Å². The smallest absolute Gasteiger partial charge is 0.260 e. The average molecular weight is 380 g/mol. The molecule has 2 atom stereocenters. The van der Waals surface area contributed by atoms with E-state index in [9.17, 15) is 4.79 Å². The van der Waals surface area contributed by atoms with E-state index in [2.05, 4.69) is 25.9 Å². The van der Waals surface area contributed by atoms with E-state index in [1.54, 1.807) is 4.90 Å². The van der Waals surface area contributed by atoms with Crippen molar-refractivity contribution in [2.75, 3.05) is 19.7 Å². The zero-order chi connectivity index (χ0) is 16.4. The summed E-state index contributed by atoms with van der Waals surface area (Å²) in [6, 6.07) is 5.66. The molecule has 23 heavy (non-hydrogen) atoms. The molecule has 0 aliphatic carbocycles. The molecule has 0 bridgehead atoms. The molecular weight excluding hydrogens is 362 g/mol. The molecule has 2 aromatic rings.